The van der Waals surface area contributed by atoms with Gasteiger partial charge in [0.1, 0.15) is 0 Å². The maximum absolute atomic E-state index is 6.05. The van der Waals surface area contributed by atoms with Crippen LogP contribution in [0.5, 0.6) is 0 Å². The van der Waals surface area contributed by atoms with Gasteiger partial charge in [-0.3, -0.25) is 9.80 Å². The van der Waals surface area contributed by atoms with Crippen molar-refractivity contribution in [1.82, 2.24) is 14.4 Å². The molecule has 0 N–H and O–H groups in total. The summed E-state index contributed by atoms with van der Waals surface area (Å²) in [4.78, 5) is 5.36. The van der Waals surface area contributed by atoms with Crippen molar-refractivity contribution < 1.29 is 4.74 Å². The molecule has 3 heterocycles. The second kappa shape index (κ2) is 9.84. The van der Waals surface area contributed by atoms with Crippen molar-refractivity contribution in [3.05, 3.63) is 95.3 Å². The number of morpholine rings is 1. The maximum Gasteiger partial charge on any atom is 0.0678 e. The first-order chi connectivity index (χ1) is 16.1. The molecular weight excluding hydrogens is 406 g/mol. The molecule has 0 aliphatic carbocycles. The quantitative estimate of drug-likeness (QED) is 0.534. The predicted molar refractivity (Wildman–Crippen MR) is 134 cm³/mol. The Kier molecular flexibility index (Phi) is 6.68. The first-order valence-corrected chi connectivity index (χ1v) is 12.4. The van der Waals surface area contributed by atoms with E-state index in [0.717, 1.165) is 39.1 Å². The minimum atomic E-state index is 0.287. The summed E-state index contributed by atoms with van der Waals surface area (Å²) < 4.78 is 8.37. The zero-order valence-corrected chi connectivity index (χ0v) is 20.2. The molecule has 0 amide bonds. The predicted octanol–water partition coefficient (Wildman–Crippen LogP) is 5.02. The third-order valence-corrected chi connectivity index (χ3v) is 7.37. The number of hydrogen-bond acceptors (Lipinski definition) is 3. The Hall–Kier alpha value is -2.40. The van der Waals surface area contributed by atoms with E-state index in [1.807, 2.05) is 0 Å². The Bertz CT molecular complexity index is 1040. The highest BCUT2D eigenvalue weighted by atomic mass is 16.5. The Morgan fingerprint density at radius 1 is 0.879 bits per heavy atom. The van der Waals surface area contributed by atoms with Crippen molar-refractivity contribution in [2.75, 3.05) is 26.2 Å². The number of rotatable bonds is 6. The number of hydrogen-bond donors (Lipinski definition) is 0. The lowest BCUT2D eigenvalue weighted by Gasteiger charge is -2.46. The van der Waals surface area contributed by atoms with E-state index in [1.165, 1.54) is 22.4 Å². The third-order valence-electron chi connectivity index (χ3n) is 7.37. The number of fused-ring (bicyclic) bond motifs is 1. The van der Waals surface area contributed by atoms with E-state index in [2.05, 4.69) is 108 Å². The average molecular weight is 444 g/mol. The molecule has 0 radical (unpaired) electrons. The minimum Gasteiger partial charge on any atom is -0.373 e. The normalized spacial score (nSPS) is 26.3. The van der Waals surface area contributed by atoms with Gasteiger partial charge in [0.25, 0.3) is 0 Å². The van der Waals surface area contributed by atoms with Gasteiger partial charge in [-0.25, -0.2) is 0 Å². The molecular formula is C29H37N3O. The van der Waals surface area contributed by atoms with E-state index in [4.69, 9.17) is 4.74 Å². The van der Waals surface area contributed by atoms with Crippen molar-refractivity contribution in [2.45, 2.75) is 51.0 Å². The second-order valence-corrected chi connectivity index (χ2v) is 9.98. The van der Waals surface area contributed by atoms with Crippen molar-refractivity contribution in [2.24, 2.45) is 7.05 Å². The summed E-state index contributed by atoms with van der Waals surface area (Å²) >= 11 is 0. The van der Waals surface area contributed by atoms with Crippen molar-refractivity contribution >= 4 is 0 Å². The van der Waals surface area contributed by atoms with Crippen LogP contribution >= 0.6 is 0 Å². The summed E-state index contributed by atoms with van der Waals surface area (Å²) in [5.74, 6) is 0.428. The molecule has 174 valence electrons. The van der Waals surface area contributed by atoms with E-state index >= 15 is 0 Å². The van der Waals surface area contributed by atoms with Crippen LogP contribution < -0.4 is 0 Å². The Morgan fingerprint density at radius 3 is 2.33 bits per heavy atom. The summed E-state index contributed by atoms with van der Waals surface area (Å²) in [5.41, 5.74) is 5.83. The smallest absolute Gasteiger partial charge is 0.0678 e. The molecule has 0 saturated carbocycles. The van der Waals surface area contributed by atoms with Gasteiger partial charge in [0, 0.05) is 57.6 Å². The highest BCUT2D eigenvalue weighted by Gasteiger charge is 2.38. The minimum absolute atomic E-state index is 0.287. The lowest BCUT2D eigenvalue weighted by molar-refractivity contribution is -0.0720. The molecule has 4 nitrogen and oxygen atoms in total. The van der Waals surface area contributed by atoms with Crippen molar-refractivity contribution in [3.8, 4) is 0 Å². The highest BCUT2D eigenvalue weighted by Crippen LogP contribution is 2.43. The summed E-state index contributed by atoms with van der Waals surface area (Å²) in [5, 5.41) is 0. The van der Waals surface area contributed by atoms with E-state index in [0.29, 0.717) is 12.0 Å². The molecule has 2 aliphatic heterocycles. The SMILES string of the molecule is CC1CN(C[C@H]2c3ccccc3CN(CCc3ccccc3)[C@@H]2c2cccn2C)CC(C)O1. The lowest BCUT2D eigenvalue weighted by atomic mass is 9.81. The van der Waals surface area contributed by atoms with Gasteiger partial charge in [-0.2, -0.15) is 0 Å². The molecule has 1 aromatic heterocycles. The van der Waals surface area contributed by atoms with Crippen LogP contribution in [0.25, 0.3) is 0 Å². The fourth-order valence-electron chi connectivity index (χ4n) is 6.00. The molecule has 3 aromatic rings. The Balaban J connectivity index is 1.49. The molecule has 4 atom stereocenters. The molecule has 5 rings (SSSR count). The summed E-state index contributed by atoms with van der Waals surface area (Å²) in [7, 11) is 2.20. The molecule has 0 spiro atoms. The first-order valence-electron chi connectivity index (χ1n) is 12.4. The van der Waals surface area contributed by atoms with Crippen LogP contribution in [0.3, 0.4) is 0 Å². The zero-order valence-electron chi connectivity index (χ0n) is 20.2. The van der Waals surface area contributed by atoms with Gasteiger partial charge in [0.2, 0.25) is 0 Å². The number of nitrogens with zero attached hydrogens (tertiary/aromatic N) is 3. The fraction of sp³-hybridized carbons (Fsp3) is 0.448. The molecule has 4 heteroatoms. The summed E-state index contributed by atoms with van der Waals surface area (Å²) in [6.45, 7) is 9.55. The monoisotopic (exact) mass is 443 g/mol. The third kappa shape index (κ3) is 4.93. The van der Waals surface area contributed by atoms with E-state index in [-0.39, 0.29) is 12.2 Å². The van der Waals surface area contributed by atoms with Crippen LogP contribution in [0.4, 0.5) is 0 Å². The first kappa shape index (κ1) is 22.4. The van der Waals surface area contributed by atoms with Crippen LogP contribution in [-0.2, 0) is 24.8 Å². The number of aryl methyl sites for hydroxylation is 1. The van der Waals surface area contributed by atoms with Gasteiger partial charge < -0.3 is 9.30 Å². The maximum atomic E-state index is 6.05. The topological polar surface area (TPSA) is 20.6 Å². The van der Waals surface area contributed by atoms with Gasteiger partial charge >= 0.3 is 0 Å². The van der Waals surface area contributed by atoms with E-state index in [1.54, 1.807) is 0 Å². The van der Waals surface area contributed by atoms with Gasteiger partial charge in [-0.05, 0) is 49.1 Å². The molecule has 2 unspecified atom stereocenters. The Morgan fingerprint density at radius 2 is 1.61 bits per heavy atom. The van der Waals surface area contributed by atoms with Crippen LogP contribution in [0.15, 0.2) is 72.9 Å². The number of benzene rings is 2. The number of aromatic nitrogens is 1. The van der Waals surface area contributed by atoms with Crippen molar-refractivity contribution in [3.63, 3.8) is 0 Å². The summed E-state index contributed by atoms with van der Waals surface area (Å²) in [6.07, 6.45) is 3.84. The van der Waals surface area contributed by atoms with Gasteiger partial charge in [-0.1, -0.05) is 54.6 Å². The fourth-order valence-corrected chi connectivity index (χ4v) is 6.00. The largest absolute Gasteiger partial charge is 0.373 e. The molecule has 0 bridgehead atoms. The van der Waals surface area contributed by atoms with E-state index < -0.39 is 0 Å². The van der Waals surface area contributed by atoms with Gasteiger partial charge in [0.15, 0.2) is 0 Å². The molecule has 2 aliphatic rings. The van der Waals surface area contributed by atoms with Crippen LogP contribution in [0, 0.1) is 0 Å². The van der Waals surface area contributed by atoms with Gasteiger partial charge in [-0.15, -0.1) is 0 Å². The standard InChI is InChI=1S/C29H37N3O/c1-22-18-31(19-23(2)33-22)21-27-26-13-8-7-12-25(26)20-32(17-15-24-10-5-4-6-11-24)29(27)28-14-9-16-30(28)3/h4-14,16,22-23,27,29H,15,17-21H2,1-3H3/t22?,23?,27-,29-/m0/s1. The second-order valence-electron chi connectivity index (χ2n) is 9.98. The lowest BCUT2D eigenvalue weighted by Crippen LogP contribution is -2.49. The van der Waals surface area contributed by atoms with Crippen LogP contribution in [-0.4, -0.2) is 52.8 Å². The zero-order chi connectivity index (χ0) is 22.8. The highest BCUT2D eigenvalue weighted by molar-refractivity contribution is 5.37. The molecule has 1 saturated heterocycles. The molecule has 33 heavy (non-hydrogen) atoms. The van der Waals surface area contributed by atoms with Crippen LogP contribution in [0.1, 0.15) is 48.2 Å². The molecule has 2 aromatic carbocycles. The summed E-state index contributed by atoms with van der Waals surface area (Å²) in [6, 6.07) is 24.9. The van der Waals surface area contributed by atoms with E-state index in [9.17, 15) is 0 Å². The Labute approximate surface area is 198 Å². The molecule has 1 fully saturated rings. The van der Waals surface area contributed by atoms with Gasteiger partial charge in [0.05, 0.1) is 18.2 Å². The van der Waals surface area contributed by atoms with Crippen LogP contribution in [0.2, 0.25) is 0 Å². The average Bonchev–Trinajstić information content (AvgIpc) is 3.23. The number of ether oxygens (including phenoxy) is 1. The van der Waals surface area contributed by atoms with Crippen molar-refractivity contribution in [1.29, 1.82) is 0 Å².